The van der Waals surface area contributed by atoms with Crippen LogP contribution < -0.4 is 5.32 Å². The third-order valence-electron chi connectivity index (χ3n) is 4.22. The molecule has 3 rings (SSSR count). The summed E-state index contributed by atoms with van der Waals surface area (Å²) in [5.74, 6) is -1.54. The van der Waals surface area contributed by atoms with E-state index in [4.69, 9.17) is 21.4 Å². The third-order valence-corrected chi connectivity index (χ3v) is 6.33. The van der Waals surface area contributed by atoms with Gasteiger partial charge in [-0.05, 0) is 29.7 Å². The smallest absolute Gasteiger partial charge is 0.407 e. The SMILES string of the molecule is O=C(N[C@H]1CCS(=O)(=O)c2cc(C(=O)O)c(Cl)cc21)OCc1ccccc1. The number of alkyl carbamates (subject to hydrolysis) is 1. The molecule has 1 aliphatic heterocycles. The lowest BCUT2D eigenvalue weighted by molar-refractivity contribution is 0.0696. The lowest BCUT2D eigenvalue weighted by atomic mass is 10.0. The number of aromatic carboxylic acids is 1. The summed E-state index contributed by atoms with van der Waals surface area (Å²) < 4.78 is 29.8. The fourth-order valence-corrected chi connectivity index (χ4v) is 4.75. The third kappa shape index (κ3) is 4.23. The number of sulfone groups is 1. The van der Waals surface area contributed by atoms with Crippen molar-refractivity contribution in [3.8, 4) is 0 Å². The fourth-order valence-electron chi connectivity index (χ4n) is 2.87. The highest BCUT2D eigenvalue weighted by atomic mass is 35.5. The number of amides is 1. The van der Waals surface area contributed by atoms with Crippen LogP contribution >= 0.6 is 11.6 Å². The van der Waals surface area contributed by atoms with Crippen molar-refractivity contribution in [2.75, 3.05) is 5.75 Å². The Morgan fingerprint density at radius 3 is 2.59 bits per heavy atom. The zero-order valence-corrected chi connectivity index (χ0v) is 15.6. The summed E-state index contributed by atoms with van der Waals surface area (Å²) in [6.07, 6.45) is -0.564. The van der Waals surface area contributed by atoms with Crippen LogP contribution in [0.2, 0.25) is 5.02 Å². The predicted octanol–water partition coefficient (Wildman–Crippen LogP) is 3.18. The Kier molecular flexibility index (Phi) is 5.38. The van der Waals surface area contributed by atoms with Gasteiger partial charge in [-0.1, -0.05) is 41.9 Å². The number of fused-ring (bicyclic) bond motifs is 1. The summed E-state index contributed by atoms with van der Waals surface area (Å²) in [6.45, 7) is 0.0727. The second-order valence-electron chi connectivity index (χ2n) is 6.04. The molecule has 1 amide bonds. The Morgan fingerprint density at radius 2 is 1.93 bits per heavy atom. The van der Waals surface area contributed by atoms with E-state index in [0.29, 0.717) is 0 Å². The van der Waals surface area contributed by atoms with Crippen LogP contribution in [0.25, 0.3) is 0 Å². The molecule has 2 aromatic rings. The summed E-state index contributed by atoms with van der Waals surface area (Å²) in [4.78, 5) is 23.2. The molecule has 0 saturated carbocycles. The quantitative estimate of drug-likeness (QED) is 0.802. The van der Waals surface area contributed by atoms with Gasteiger partial charge in [0.1, 0.15) is 6.61 Å². The number of carbonyl (C=O) groups is 2. The van der Waals surface area contributed by atoms with Gasteiger partial charge in [-0.15, -0.1) is 0 Å². The first-order chi connectivity index (χ1) is 12.8. The summed E-state index contributed by atoms with van der Waals surface area (Å²) in [5, 5.41) is 11.7. The first-order valence-corrected chi connectivity index (χ1v) is 10.1. The first kappa shape index (κ1) is 19.2. The van der Waals surface area contributed by atoms with Crippen molar-refractivity contribution in [3.05, 3.63) is 64.2 Å². The second-order valence-corrected chi connectivity index (χ2v) is 8.53. The van der Waals surface area contributed by atoms with Crippen LogP contribution in [0.4, 0.5) is 4.79 Å². The molecular formula is C18H16ClNO6S. The molecule has 0 radical (unpaired) electrons. The van der Waals surface area contributed by atoms with Crippen LogP contribution in [0.15, 0.2) is 47.4 Å². The number of carboxylic acid groups (broad SMARTS) is 1. The molecule has 9 heteroatoms. The van der Waals surface area contributed by atoms with E-state index >= 15 is 0 Å². The minimum Gasteiger partial charge on any atom is -0.478 e. The maximum absolute atomic E-state index is 12.3. The highest BCUT2D eigenvalue weighted by Gasteiger charge is 2.33. The Bertz CT molecular complexity index is 990. The number of halogens is 1. The van der Waals surface area contributed by atoms with Gasteiger partial charge in [-0.25, -0.2) is 18.0 Å². The average Bonchev–Trinajstić information content (AvgIpc) is 2.62. The highest BCUT2D eigenvalue weighted by molar-refractivity contribution is 7.91. The van der Waals surface area contributed by atoms with Crippen molar-refractivity contribution in [1.29, 1.82) is 0 Å². The number of hydrogen-bond donors (Lipinski definition) is 2. The minimum atomic E-state index is -3.65. The van der Waals surface area contributed by atoms with Crippen LogP contribution in [0.5, 0.6) is 0 Å². The number of nitrogens with one attached hydrogen (secondary N) is 1. The zero-order valence-electron chi connectivity index (χ0n) is 14.0. The zero-order chi connectivity index (χ0) is 19.6. The van der Waals surface area contributed by atoms with E-state index in [1.54, 1.807) is 0 Å². The van der Waals surface area contributed by atoms with E-state index in [1.165, 1.54) is 6.07 Å². The van der Waals surface area contributed by atoms with Crippen molar-refractivity contribution >= 4 is 33.5 Å². The molecule has 1 aliphatic rings. The largest absolute Gasteiger partial charge is 0.478 e. The maximum atomic E-state index is 12.3. The van der Waals surface area contributed by atoms with Gasteiger partial charge in [-0.3, -0.25) is 0 Å². The monoisotopic (exact) mass is 409 g/mol. The molecule has 0 bridgehead atoms. The van der Waals surface area contributed by atoms with E-state index in [1.807, 2.05) is 30.3 Å². The van der Waals surface area contributed by atoms with E-state index in [2.05, 4.69) is 5.32 Å². The Balaban J connectivity index is 1.81. The van der Waals surface area contributed by atoms with Crippen LogP contribution in [0.1, 0.15) is 33.9 Å². The Labute approximate surface area is 160 Å². The van der Waals surface area contributed by atoms with Crippen molar-refractivity contribution in [1.82, 2.24) is 5.32 Å². The number of benzene rings is 2. The molecule has 142 valence electrons. The molecular weight excluding hydrogens is 394 g/mol. The Hall–Kier alpha value is -2.58. The van der Waals surface area contributed by atoms with Gasteiger partial charge in [0.2, 0.25) is 0 Å². The van der Waals surface area contributed by atoms with Gasteiger partial charge in [-0.2, -0.15) is 0 Å². The minimum absolute atomic E-state index is 0.0727. The molecule has 0 spiro atoms. The first-order valence-electron chi connectivity index (χ1n) is 8.04. The van der Waals surface area contributed by atoms with Crippen molar-refractivity contribution < 1.29 is 27.9 Å². The molecule has 1 atom stereocenters. The molecule has 7 nitrogen and oxygen atoms in total. The average molecular weight is 410 g/mol. The lowest BCUT2D eigenvalue weighted by Crippen LogP contribution is -2.34. The van der Waals surface area contributed by atoms with Gasteiger partial charge >= 0.3 is 12.1 Å². The summed E-state index contributed by atoms with van der Waals surface area (Å²) >= 11 is 5.97. The van der Waals surface area contributed by atoms with Gasteiger partial charge in [0, 0.05) is 0 Å². The predicted molar refractivity (Wildman–Crippen MR) is 97.6 cm³/mol. The van der Waals surface area contributed by atoms with Crippen LogP contribution in [0.3, 0.4) is 0 Å². The van der Waals surface area contributed by atoms with E-state index < -0.39 is 27.9 Å². The molecule has 0 aliphatic carbocycles. The van der Waals surface area contributed by atoms with E-state index in [0.717, 1.165) is 11.6 Å². The standard InChI is InChI=1S/C18H16ClNO6S/c19-14-8-13-15(20-18(23)26-10-11-4-2-1-3-5-11)6-7-27(24,25)16(13)9-12(14)17(21)22/h1-5,8-9,15H,6-7,10H2,(H,20,23)(H,21,22)/t15-/m0/s1. The molecule has 0 fully saturated rings. The Morgan fingerprint density at radius 1 is 1.22 bits per heavy atom. The van der Waals surface area contributed by atoms with Gasteiger partial charge in [0.25, 0.3) is 0 Å². The van der Waals surface area contributed by atoms with Gasteiger partial charge in [0.15, 0.2) is 9.84 Å². The summed E-state index contributed by atoms with van der Waals surface area (Å²) in [5.41, 5.74) is 0.771. The van der Waals surface area contributed by atoms with E-state index in [-0.39, 0.29) is 39.8 Å². The highest BCUT2D eigenvalue weighted by Crippen LogP contribution is 2.36. The second kappa shape index (κ2) is 7.58. The van der Waals surface area contributed by atoms with Gasteiger partial charge < -0.3 is 15.2 Å². The molecule has 27 heavy (non-hydrogen) atoms. The van der Waals surface area contributed by atoms with Crippen molar-refractivity contribution in [3.63, 3.8) is 0 Å². The number of rotatable bonds is 4. The van der Waals surface area contributed by atoms with Crippen LogP contribution in [-0.4, -0.2) is 31.3 Å². The molecule has 0 saturated heterocycles. The number of carboxylic acids is 1. The summed E-state index contributed by atoms with van der Waals surface area (Å²) in [7, 11) is -3.65. The fraction of sp³-hybridized carbons (Fsp3) is 0.222. The number of ether oxygens (including phenoxy) is 1. The van der Waals surface area contributed by atoms with Crippen molar-refractivity contribution in [2.45, 2.75) is 24.0 Å². The molecule has 0 aromatic heterocycles. The van der Waals surface area contributed by atoms with Crippen molar-refractivity contribution in [2.24, 2.45) is 0 Å². The number of hydrogen-bond acceptors (Lipinski definition) is 5. The normalized spacial score (nSPS) is 17.6. The molecule has 2 aromatic carbocycles. The topological polar surface area (TPSA) is 110 Å². The van der Waals surface area contributed by atoms with Gasteiger partial charge in [0.05, 0.1) is 27.3 Å². The molecule has 1 heterocycles. The summed E-state index contributed by atoms with van der Waals surface area (Å²) in [6, 6.07) is 10.8. The van der Waals surface area contributed by atoms with Crippen LogP contribution in [-0.2, 0) is 21.2 Å². The van der Waals surface area contributed by atoms with Crippen LogP contribution in [0, 0.1) is 0 Å². The maximum Gasteiger partial charge on any atom is 0.407 e. The number of carbonyl (C=O) groups excluding carboxylic acids is 1. The molecule has 2 N–H and O–H groups in total. The molecule has 0 unspecified atom stereocenters. The van der Waals surface area contributed by atoms with E-state index in [9.17, 15) is 18.0 Å². The lowest BCUT2D eigenvalue weighted by Gasteiger charge is -2.26.